The summed E-state index contributed by atoms with van der Waals surface area (Å²) in [5.74, 6) is 0.124. The highest BCUT2D eigenvalue weighted by Crippen LogP contribution is 2.23. The van der Waals surface area contributed by atoms with Crippen LogP contribution in [0.2, 0.25) is 0 Å². The number of carbonyl (C=O) groups excluding carboxylic acids is 1. The number of rotatable bonds is 3. The summed E-state index contributed by atoms with van der Waals surface area (Å²) in [6.45, 7) is 7.03. The van der Waals surface area contributed by atoms with E-state index in [-0.39, 0.29) is 17.5 Å². The lowest BCUT2D eigenvalue weighted by molar-refractivity contribution is -0.121. The number of ketones is 1. The monoisotopic (exact) mass is 260 g/mol. The van der Waals surface area contributed by atoms with Gasteiger partial charge in [-0.25, -0.2) is 0 Å². The third-order valence-corrected chi connectivity index (χ3v) is 3.00. The first-order valence-electron chi connectivity index (χ1n) is 6.52. The number of carbonyl (C=O) groups is 1. The molecule has 0 atom stereocenters. The zero-order valence-corrected chi connectivity index (χ0v) is 11.7. The van der Waals surface area contributed by atoms with Crippen LogP contribution in [0.15, 0.2) is 30.3 Å². The summed E-state index contributed by atoms with van der Waals surface area (Å²) >= 11 is 0. The van der Waals surface area contributed by atoms with Crippen molar-refractivity contribution in [2.24, 2.45) is 5.41 Å². The van der Waals surface area contributed by atoms with Gasteiger partial charge in [0.1, 0.15) is 0 Å². The Morgan fingerprint density at radius 1 is 1.16 bits per heavy atom. The molecule has 3 heteroatoms. The first-order valence-corrected chi connectivity index (χ1v) is 6.52. The highest BCUT2D eigenvalue weighted by atomic mass is 16.7. The van der Waals surface area contributed by atoms with Crippen LogP contribution in [-0.4, -0.2) is 19.0 Å². The molecule has 3 nitrogen and oxygen atoms in total. The van der Waals surface area contributed by atoms with Gasteiger partial charge in [0.15, 0.2) is 12.1 Å². The summed E-state index contributed by atoms with van der Waals surface area (Å²) in [6.07, 6.45) is 3.24. The van der Waals surface area contributed by atoms with Crippen molar-refractivity contribution < 1.29 is 14.3 Å². The van der Waals surface area contributed by atoms with E-state index >= 15 is 0 Å². The smallest absolute Gasteiger partial charge is 0.184 e. The standard InChI is InChI=1S/C16H20O3/c1-16(2,3)14(17)9-6-12-4-7-13(8-5-12)15-18-10-11-19-15/h4-9,15H,10-11H2,1-3H3. The SMILES string of the molecule is CC(C)(C)C(=O)C=Cc1ccc(C2OCCO2)cc1. The molecule has 1 heterocycles. The number of hydrogen-bond acceptors (Lipinski definition) is 3. The molecule has 1 aromatic carbocycles. The van der Waals surface area contributed by atoms with Gasteiger partial charge in [-0.3, -0.25) is 4.79 Å². The summed E-state index contributed by atoms with van der Waals surface area (Å²) in [6, 6.07) is 7.87. The second-order valence-electron chi connectivity index (χ2n) is 5.69. The largest absolute Gasteiger partial charge is 0.346 e. The lowest BCUT2D eigenvalue weighted by atomic mass is 9.90. The number of hydrogen-bond donors (Lipinski definition) is 0. The Morgan fingerprint density at radius 3 is 2.26 bits per heavy atom. The summed E-state index contributed by atoms with van der Waals surface area (Å²) in [5.41, 5.74) is 1.68. The molecule has 0 spiro atoms. The zero-order valence-electron chi connectivity index (χ0n) is 11.7. The maximum atomic E-state index is 11.8. The van der Waals surface area contributed by atoms with Gasteiger partial charge in [0.05, 0.1) is 13.2 Å². The fraction of sp³-hybridized carbons (Fsp3) is 0.438. The summed E-state index contributed by atoms with van der Waals surface area (Å²) in [5, 5.41) is 0. The molecular formula is C16H20O3. The van der Waals surface area contributed by atoms with Crippen LogP contribution < -0.4 is 0 Å². The molecule has 0 N–H and O–H groups in total. The fourth-order valence-corrected chi connectivity index (χ4v) is 1.74. The second-order valence-corrected chi connectivity index (χ2v) is 5.69. The first-order chi connectivity index (χ1) is 8.97. The van der Waals surface area contributed by atoms with Crippen LogP contribution in [0.1, 0.15) is 38.2 Å². The van der Waals surface area contributed by atoms with Gasteiger partial charge in [-0.05, 0) is 11.6 Å². The second kappa shape index (κ2) is 5.68. The van der Waals surface area contributed by atoms with Crippen molar-refractivity contribution in [1.29, 1.82) is 0 Å². The van der Waals surface area contributed by atoms with E-state index in [9.17, 15) is 4.79 Å². The van der Waals surface area contributed by atoms with Gasteiger partial charge < -0.3 is 9.47 Å². The minimum atomic E-state index is -0.331. The molecule has 0 aliphatic carbocycles. The van der Waals surface area contributed by atoms with Crippen molar-refractivity contribution in [3.8, 4) is 0 Å². The van der Waals surface area contributed by atoms with Crippen molar-refractivity contribution >= 4 is 11.9 Å². The van der Waals surface area contributed by atoms with Crippen molar-refractivity contribution in [2.75, 3.05) is 13.2 Å². The average molecular weight is 260 g/mol. The maximum absolute atomic E-state index is 11.8. The van der Waals surface area contributed by atoms with Crippen LogP contribution >= 0.6 is 0 Å². The van der Waals surface area contributed by atoms with E-state index in [2.05, 4.69) is 0 Å². The Balaban J connectivity index is 2.02. The Bertz CT molecular complexity index is 460. The van der Waals surface area contributed by atoms with Gasteiger partial charge in [0, 0.05) is 11.0 Å². The molecule has 19 heavy (non-hydrogen) atoms. The van der Waals surface area contributed by atoms with Gasteiger partial charge in [-0.1, -0.05) is 51.1 Å². The molecule has 0 unspecified atom stereocenters. The molecule has 1 saturated heterocycles. The average Bonchev–Trinajstić information content (AvgIpc) is 2.89. The Morgan fingerprint density at radius 2 is 1.74 bits per heavy atom. The fourth-order valence-electron chi connectivity index (χ4n) is 1.74. The molecule has 0 saturated carbocycles. The minimum absolute atomic E-state index is 0.124. The van der Waals surface area contributed by atoms with E-state index < -0.39 is 0 Å². The van der Waals surface area contributed by atoms with Crippen LogP contribution in [-0.2, 0) is 14.3 Å². The molecule has 1 fully saturated rings. The highest BCUT2D eigenvalue weighted by molar-refractivity contribution is 5.97. The van der Waals surface area contributed by atoms with E-state index in [1.54, 1.807) is 6.08 Å². The van der Waals surface area contributed by atoms with Crippen LogP contribution in [0.5, 0.6) is 0 Å². The molecule has 0 aromatic heterocycles. The summed E-state index contributed by atoms with van der Waals surface area (Å²) < 4.78 is 10.9. The Hall–Kier alpha value is -1.45. The topological polar surface area (TPSA) is 35.5 Å². The molecule has 0 amide bonds. The van der Waals surface area contributed by atoms with Crippen LogP contribution in [0, 0.1) is 5.41 Å². The van der Waals surface area contributed by atoms with Crippen molar-refractivity contribution in [3.05, 3.63) is 41.5 Å². The van der Waals surface area contributed by atoms with Gasteiger partial charge >= 0.3 is 0 Å². The van der Waals surface area contributed by atoms with E-state index in [4.69, 9.17) is 9.47 Å². The van der Waals surface area contributed by atoms with E-state index in [1.165, 1.54) is 0 Å². The van der Waals surface area contributed by atoms with E-state index in [0.29, 0.717) is 13.2 Å². The lowest BCUT2D eigenvalue weighted by Crippen LogP contribution is -2.17. The van der Waals surface area contributed by atoms with Gasteiger partial charge in [-0.15, -0.1) is 0 Å². The number of benzene rings is 1. The summed E-state index contributed by atoms with van der Waals surface area (Å²) in [7, 11) is 0. The third-order valence-electron chi connectivity index (χ3n) is 3.00. The predicted octanol–water partition coefficient (Wildman–Crippen LogP) is 3.36. The molecule has 0 bridgehead atoms. The van der Waals surface area contributed by atoms with Gasteiger partial charge in [-0.2, -0.15) is 0 Å². The highest BCUT2D eigenvalue weighted by Gasteiger charge is 2.18. The molecule has 102 valence electrons. The van der Waals surface area contributed by atoms with Crippen molar-refractivity contribution in [1.82, 2.24) is 0 Å². The number of ether oxygens (including phenoxy) is 2. The first kappa shape index (κ1) is 14.0. The Kier molecular flexibility index (Phi) is 4.17. The molecule has 0 radical (unpaired) electrons. The Labute approximate surface area is 114 Å². The predicted molar refractivity (Wildman–Crippen MR) is 74.6 cm³/mol. The van der Waals surface area contributed by atoms with Crippen LogP contribution in [0.25, 0.3) is 6.08 Å². The van der Waals surface area contributed by atoms with Crippen LogP contribution in [0.3, 0.4) is 0 Å². The molecular weight excluding hydrogens is 240 g/mol. The third kappa shape index (κ3) is 3.75. The molecule has 1 aliphatic heterocycles. The van der Waals surface area contributed by atoms with Crippen molar-refractivity contribution in [3.63, 3.8) is 0 Å². The van der Waals surface area contributed by atoms with E-state index in [1.807, 2.05) is 51.1 Å². The minimum Gasteiger partial charge on any atom is -0.346 e. The van der Waals surface area contributed by atoms with Crippen molar-refractivity contribution in [2.45, 2.75) is 27.1 Å². The van der Waals surface area contributed by atoms with Crippen LogP contribution in [0.4, 0.5) is 0 Å². The molecule has 1 aromatic rings. The lowest BCUT2D eigenvalue weighted by Gasteiger charge is -2.13. The van der Waals surface area contributed by atoms with Gasteiger partial charge in [0.25, 0.3) is 0 Å². The maximum Gasteiger partial charge on any atom is 0.184 e. The normalized spacial score (nSPS) is 17.2. The van der Waals surface area contributed by atoms with Gasteiger partial charge in [0.2, 0.25) is 0 Å². The molecule has 1 aliphatic rings. The van der Waals surface area contributed by atoms with E-state index in [0.717, 1.165) is 11.1 Å². The quantitative estimate of drug-likeness (QED) is 0.782. The zero-order chi connectivity index (χ0) is 13.9. The molecule has 2 rings (SSSR count). The number of allylic oxidation sites excluding steroid dienone is 1. The summed E-state index contributed by atoms with van der Waals surface area (Å²) in [4.78, 5) is 11.8.